The normalized spacial score (nSPS) is 18.4. The summed E-state index contributed by atoms with van der Waals surface area (Å²) < 4.78 is 2.99. The molecule has 0 aliphatic carbocycles. The number of carbonyl (C=O) groups excluding carboxylic acids is 1. The van der Waals surface area contributed by atoms with E-state index in [1.54, 1.807) is 18.2 Å². The molecule has 2 rings (SSSR count). The maximum atomic E-state index is 12.8. The van der Waals surface area contributed by atoms with Gasteiger partial charge in [0.1, 0.15) is 10.9 Å². The number of carboxylic acids is 1. The lowest BCUT2D eigenvalue weighted by Gasteiger charge is -2.29. The van der Waals surface area contributed by atoms with Crippen molar-refractivity contribution in [1.82, 2.24) is 9.62 Å². The number of hydrogen-bond donors (Lipinski definition) is 2. The summed E-state index contributed by atoms with van der Waals surface area (Å²) in [5.74, 6) is -1.39. The highest BCUT2D eigenvalue weighted by molar-refractivity contribution is 7.97. The summed E-state index contributed by atoms with van der Waals surface area (Å²) in [6.07, 6.45) is 1.11. The number of nitro benzene ring substituents is 1. The van der Waals surface area contributed by atoms with Crippen LogP contribution in [-0.4, -0.2) is 45.4 Å². The van der Waals surface area contributed by atoms with Crippen molar-refractivity contribution in [3.05, 3.63) is 34.4 Å². The Hall–Kier alpha value is -2.13. The van der Waals surface area contributed by atoms with Gasteiger partial charge in [-0.2, -0.15) is 0 Å². The van der Waals surface area contributed by atoms with Gasteiger partial charge in [0.15, 0.2) is 0 Å². The van der Waals surface area contributed by atoms with Crippen molar-refractivity contribution in [3.8, 4) is 0 Å². The van der Waals surface area contributed by atoms with Crippen molar-refractivity contribution >= 4 is 29.5 Å². The summed E-state index contributed by atoms with van der Waals surface area (Å²) >= 11 is 1.02. The SMILES string of the molecule is CC(C)[C@@H](NSc1ccccc1[N+](=O)[O-])C(=O)N1CCC[C@H]1C(=O)O. The molecule has 9 heteroatoms. The topological polar surface area (TPSA) is 113 Å². The molecule has 1 aliphatic heterocycles. The Morgan fingerprint density at radius 1 is 1.40 bits per heavy atom. The molecule has 0 bridgehead atoms. The predicted octanol–water partition coefficient (Wildman–Crippen LogP) is 2.29. The van der Waals surface area contributed by atoms with Crippen LogP contribution in [0.15, 0.2) is 29.2 Å². The van der Waals surface area contributed by atoms with Gasteiger partial charge >= 0.3 is 5.97 Å². The average Bonchev–Trinajstić information content (AvgIpc) is 3.04. The zero-order valence-electron chi connectivity index (χ0n) is 14.0. The van der Waals surface area contributed by atoms with Gasteiger partial charge in [-0.05, 0) is 36.8 Å². The molecule has 0 radical (unpaired) electrons. The number of nitrogens with zero attached hydrogens (tertiary/aromatic N) is 2. The number of hydrogen-bond acceptors (Lipinski definition) is 6. The molecule has 0 unspecified atom stereocenters. The van der Waals surface area contributed by atoms with Crippen molar-refractivity contribution in [3.63, 3.8) is 0 Å². The molecular formula is C16H21N3O5S. The van der Waals surface area contributed by atoms with E-state index < -0.39 is 23.0 Å². The van der Waals surface area contributed by atoms with Crippen LogP contribution < -0.4 is 4.72 Å². The van der Waals surface area contributed by atoms with E-state index in [0.29, 0.717) is 24.3 Å². The monoisotopic (exact) mass is 367 g/mol. The molecular weight excluding hydrogens is 346 g/mol. The zero-order valence-corrected chi connectivity index (χ0v) is 14.9. The second-order valence-electron chi connectivity index (χ2n) is 6.19. The average molecular weight is 367 g/mol. The number of aliphatic carboxylic acids is 1. The van der Waals surface area contributed by atoms with Crippen molar-refractivity contribution in [2.24, 2.45) is 5.92 Å². The van der Waals surface area contributed by atoms with Crippen molar-refractivity contribution < 1.29 is 19.6 Å². The summed E-state index contributed by atoms with van der Waals surface area (Å²) in [7, 11) is 0. The first-order valence-corrected chi connectivity index (χ1v) is 8.83. The van der Waals surface area contributed by atoms with Gasteiger partial charge in [-0.25, -0.2) is 9.52 Å². The first kappa shape index (κ1) is 19.2. The van der Waals surface area contributed by atoms with Crippen LogP contribution in [0.2, 0.25) is 0 Å². The molecule has 1 saturated heterocycles. The third-order valence-electron chi connectivity index (χ3n) is 4.11. The summed E-state index contributed by atoms with van der Waals surface area (Å²) in [4.78, 5) is 36.5. The lowest BCUT2D eigenvalue weighted by Crippen LogP contribution is -2.50. The Kier molecular flexibility index (Phi) is 6.38. The molecule has 1 heterocycles. The van der Waals surface area contributed by atoms with Gasteiger partial charge in [0.25, 0.3) is 5.69 Å². The first-order valence-electron chi connectivity index (χ1n) is 8.02. The van der Waals surface area contributed by atoms with Crippen LogP contribution >= 0.6 is 11.9 Å². The van der Waals surface area contributed by atoms with Crippen LogP contribution in [0.1, 0.15) is 26.7 Å². The molecule has 1 aromatic carbocycles. The molecule has 25 heavy (non-hydrogen) atoms. The van der Waals surface area contributed by atoms with Crippen molar-refractivity contribution in [2.75, 3.05) is 6.54 Å². The van der Waals surface area contributed by atoms with Crippen molar-refractivity contribution in [1.29, 1.82) is 0 Å². The number of carbonyl (C=O) groups is 2. The number of carboxylic acid groups (broad SMARTS) is 1. The molecule has 0 aromatic heterocycles. The van der Waals surface area contributed by atoms with Gasteiger partial charge in [0, 0.05) is 12.6 Å². The molecule has 136 valence electrons. The standard InChI is InChI=1S/C16H21N3O5S/c1-10(2)14(15(20)18-9-5-7-12(18)16(21)22)17-25-13-8-4-3-6-11(13)19(23)24/h3-4,6,8,10,12,14,17H,5,7,9H2,1-2H3,(H,21,22)/t12-,14+/m0/s1. The smallest absolute Gasteiger partial charge is 0.326 e. The third-order valence-corrected chi connectivity index (χ3v) is 5.05. The van der Waals surface area contributed by atoms with Gasteiger partial charge in [-0.15, -0.1) is 0 Å². The largest absolute Gasteiger partial charge is 0.480 e. The molecule has 0 saturated carbocycles. The van der Waals surface area contributed by atoms with Crippen LogP contribution in [0.25, 0.3) is 0 Å². The summed E-state index contributed by atoms with van der Waals surface area (Å²) in [6.45, 7) is 4.11. The number of benzene rings is 1. The minimum absolute atomic E-state index is 0.0421. The maximum absolute atomic E-state index is 12.8. The molecule has 0 spiro atoms. The minimum Gasteiger partial charge on any atom is -0.480 e. The number of nitro groups is 1. The fourth-order valence-corrected chi connectivity index (χ4v) is 3.78. The fraction of sp³-hybridized carbons (Fsp3) is 0.500. The molecule has 8 nitrogen and oxygen atoms in total. The van der Waals surface area contributed by atoms with E-state index in [-0.39, 0.29) is 17.5 Å². The van der Waals surface area contributed by atoms with E-state index in [9.17, 15) is 24.8 Å². The van der Waals surface area contributed by atoms with Gasteiger partial charge in [0.05, 0.1) is 11.0 Å². The van der Waals surface area contributed by atoms with E-state index in [0.717, 1.165) is 11.9 Å². The quantitative estimate of drug-likeness (QED) is 0.432. The van der Waals surface area contributed by atoms with Gasteiger partial charge in [-0.1, -0.05) is 26.0 Å². The van der Waals surface area contributed by atoms with Gasteiger partial charge < -0.3 is 10.0 Å². The molecule has 1 amide bonds. The van der Waals surface area contributed by atoms with Crippen LogP contribution in [0.4, 0.5) is 5.69 Å². The van der Waals surface area contributed by atoms with E-state index in [1.807, 2.05) is 13.8 Å². The zero-order chi connectivity index (χ0) is 18.6. The molecule has 1 fully saturated rings. The highest BCUT2D eigenvalue weighted by Crippen LogP contribution is 2.28. The fourth-order valence-electron chi connectivity index (χ4n) is 2.76. The Morgan fingerprint density at radius 2 is 2.08 bits per heavy atom. The van der Waals surface area contributed by atoms with Crippen LogP contribution in [0.5, 0.6) is 0 Å². The number of amides is 1. The maximum Gasteiger partial charge on any atom is 0.326 e. The summed E-state index contributed by atoms with van der Waals surface area (Å²) in [6, 6.07) is 4.83. The van der Waals surface area contributed by atoms with E-state index >= 15 is 0 Å². The number of likely N-dealkylation sites (tertiary alicyclic amines) is 1. The van der Waals surface area contributed by atoms with Crippen LogP contribution in [-0.2, 0) is 9.59 Å². The minimum atomic E-state index is -1.00. The van der Waals surface area contributed by atoms with E-state index in [4.69, 9.17) is 0 Å². The second-order valence-corrected chi connectivity index (χ2v) is 7.07. The Bertz CT molecular complexity index is 667. The molecule has 1 aromatic rings. The lowest BCUT2D eigenvalue weighted by molar-refractivity contribution is -0.387. The van der Waals surface area contributed by atoms with Crippen LogP contribution in [0.3, 0.4) is 0 Å². The van der Waals surface area contributed by atoms with E-state index in [2.05, 4.69) is 4.72 Å². The first-order chi connectivity index (χ1) is 11.8. The molecule has 2 N–H and O–H groups in total. The molecule has 2 atom stereocenters. The van der Waals surface area contributed by atoms with Crippen LogP contribution in [0, 0.1) is 16.0 Å². The van der Waals surface area contributed by atoms with Crippen molar-refractivity contribution in [2.45, 2.75) is 43.7 Å². The number of para-hydroxylation sites is 1. The van der Waals surface area contributed by atoms with E-state index in [1.165, 1.54) is 11.0 Å². The number of nitrogens with one attached hydrogen (secondary N) is 1. The second kappa shape index (κ2) is 8.30. The van der Waals surface area contributed by atoms with Gasteiger partial charge in [-0.3, -0.25) is 14.9 Å². The number of rotatable bonds is 7. The highest BCUT2D eigenvalue weighted by Gasteiger charge is 2.38. The Balaban J connectivity index is 2.13. The summed E-state index contributed by atoms with van der Waals surface area (Å²) in [5, 5.41) is 20.3. The Labute approximate surface area is 149 Å². The predicted molar refractivity (Wildman–Crippen MR) is 93.1 cm³/mol. The highest BCUT2D eigenvalue weighted by atomic mass is 32.2. The third kappa shape index (κ3) is 4.49. The Morgan fingerprint density at radius 3 is 2.68 bits per heavy atom. The summed E-state index contributed by atoms with van der Waals surface area (Å²) in [5.41, 5.74) is -0.0421. The van der Waals surface area contributed by atoms with Gasteiger partial charge in [0.2, 0.25) is 5.91 Å². The molecule has 1 aliphatic rings. The lowest BCUT2D eigenvalue weighted by atomic mass is 10.0.